The number of aromatic nitrogens is 1. The number of furan rings is 1. The maximum absolute atomic E-state index is 12.1. The van der Waals surface area contributed by atoms with Crippen molar-refractivity contribution < 1.29 is 9.21 Å². The first kappa shape index (κ1) is 19.6. The molecule has 0 unspecified atom stereocenters. The van der Waals surface area contributed by atoms with Crippen LogP contribution in [0.1, 0.15) is 15.9 Å². The summed E-state index contributed by atoms with van der Waals surface area (Å²) in [6, 6.07) is 24.6. The molecule has 2 aromatic heterocycles. The van der Waals surface area contributed by atoms with Crippen molar-refractivity contribution in [3.8, 4) is 28.5 Å². The van der Waals surface area contributed by atoms with E-state index in [2.05, 4.69) is 26.9 Å². The second kappa shape index (κ2) is 9.20. The lowest BCUT2D eigenvalue weighted by molar-refractivity contribution is 0.0944. The summed E-state index contributed by atoms with van der Waals surface area (Å²) in [5, 5.41) is 9.83. The van der Waals surface area contributed by atoms with Gasteiger partial charge in [-0.15, -0.1) is 0 Å². The highest BCUT2D eigenvalue weighted by Crippen LogP contribution is 2.42. The second-order valence-corrected chi connectivity index (χ2v) is 6.43. The van der Waals surface area contributed by atoms with Crippen LogP contribution in [0.25, 0.3) is 22.5 Å². The van der Waals surface area contributed by atoms with E-state index in [4.69, 9.17) is 4.42 Å². The fourth-order valence-electron chi connectivity index (χ4n) is 3.04. The van der Waals surface area contributed by atoms with Crippen molar-refractivity contribution in [3.63, 3.8) is 0 Å². The van der Waals surface area contributed by atoms with Crippen molar-refractivity contribution in [2.24, 2.45) is 4.99 Å². The number of hydrazine groups is 1. The Labute approximate surface area is 178 Å². The van der Waals surface area contributed by atoms with Crippen molar-refractivity contribution in [1.29, 1.82) is 5.26 Å². The first-order chi connectivity index (χ1) is 15.3. The minimum atomic E-state index is -0.366. The molecular formula is C24H17N5O2. The van der Waals surface area contributed by atoms with E-state index in [0.717, 1.165) is 11.1 Å². The molecule has 0 aliphatic carbocycles. The second-order valence-electron chi connectivity index (χ2n) is 6.43. The molecule has 0 atom stereocenters. The summed E-state index contributed by atoms with van der Waals surface area (Å²) in [6.45, 7) is 0. The summed E-state index contributed by atoms with van der Waals surface area (Å²) < 4.78 is 5.99. The molecule has 0 saturated heterocycles. The number of rotatable bonds is 6. The Balaban J connectivity index is 1.64. The normalized spacial score (nSPS) is 10.5. The lowest BCUT2D eigenvalue weighted by atomic mass is 9.98. The Bertz CT molecular complexity index is 1240. The van der Waals surface area contributed by atoms with Crippen LogP contribution in [-0.4, -0.2) is 17.2 Å². The van der Waals surface area contributed by atoms with Gasteiger partial charge in [-0.2, -0.15) is 5.26 Å². The fourth-order valence-corrected chi connectivity index (χ4v) is 3.04. The summed E-state index contributed by atoms with van der Waals surface area (Å²) >= 11 is 0. The number of nitrogens with zero attached hydrogens (tertiary/aromatic N) is 3. The molecule has 4 rings (SSSR count). The zero-order valence-electron chi connectivity index (χ0n) is 16.3. The molecule has 2 N–H and O–H groups in total. The number of carbonyl (C=O) groups excluding carboxylic acids is 1. The van der Waals surface area contributed by atoms with Crippen molar-refractivity contribution in [3.05, 3.63) is 96.3 Å². The summed E-state index contributed by atoms with van der Waals surface area (Å²) in [5.41, 5.74) is 8.15. The molecule has 0 spiro atoms. The van der Waals surface area contributed by atoms with Crippen LogP contribution in [0.15, 0.2) is 94.6 Å². The molecule has 0 aliphatic heterocycles. The molecule has 0 aliphatic rings. The van der Waals surface area contributed by atoms with Gasteiger partial charge in [-0.05, 0) is 17.7 Å². The van der Waals surface area contributed by atoms with Crippen LogP contribution in [-0.2, 0) is 0 Å². The minimum absolute atomic E-state index is 0.142. The number of carbonyl (C=O) groups is 1. The molecule has 0 saturated carbocycles. The van der Waals surface area contributed by atoms with Gasteiger partial charge < -0.3 is 4.42 Å². The molecule has 2 aromatic carbocycles. The SMILES string of the molecule is N#Cc1c(/N=C\NNC(=O)c2cccnc2)oc(-c2ccccc2)c1-c1ccccc1. The van der Waals surface area contributed by atoms with Crippen LogP contribution in [0, 0.1) is 11.3 Å². The number of pyridine rings is 1. The minimum Gasteiger partial charge on any atom is -0.436 e. The van der Waals surface area contributed by atoms with Gasteiger partial charge in [0.05, 0.1) is 5.56 Å². The van der Waals surface area contributed by atoms with E-state index in [9.17, 15) is 10.1 Å². The van der Waals surface area contributed by atoms with Crippen LogP contribution < -0.4 is 10.9 Å². The lowest BCUT2D eigenvalue weighted by Crippen LogP contribution is -2.36. The topological polar surface area (TPSA) is 103 Å². The average Bonchev–Trinajstić information content (AvgIpc) is 3.22. The molecule has 0 fully saturated rings. The van der Waals surface area contributed by atoms with E-state index in [-0.39, 0.29) is 11.8 Å². The molecule has 7 heteroatoms. The number of hydrogen-bond donors (Lipinski definition) is 2. The molecule has 7 nitrogen and oxygen atoms in total. The summed E-state index contributed by atoms with van der Waals surface area (Å²) in [5.74, 6) is 0.327. The van der Waals surface area contributed by atoms with Gasteiger partial charge in [0.15, 0.2) is 0 Å². The van der Waals surface area contributed by atoms with Crippen molar-refractivity contribution >= 4 is 18.1 Å². The van der Waals surface area contributed by atoms with Crippen molar-refractivity contribution in [2.75, 3.05) is 0 Å². The third kappa shape index (κ3) is 4.33. The van der Waals surface area contributed by atoms with Gasteiger partial charge in [0, 0.05) is 23.5 Å². The molecule has 150 valence electrons. The first-order valence-electron chi connectivity index (χ1n) is 9.44. The number of nitrogens with one attached hydrogen (secondary N) is 2. The summed E-state index contributed by atoms with van der Waals surface area (Å²) in [7, 11) is 0. The van der Waals surface area contributed by atoms with E-state index in [1.165, 1.54) is 12.5 Å². The third-order valence-electron chi connectivity index (χ3n) is 4.46. The molecule has 1 amide bonds. The van der Waals surface area contributed by atoms with Crippen LogP contribution in [0.4, 0.5) is 5.88 Å². The van der Waals surface area contributed by atoms with Gasteiger partial charge in [-0.3, -0.25) is 20.6 Å². The van der Waals surface area contributed by atoms with E-state index < -0.39 is 0 Å². The average molecular weight is 407 g/mol. The maximum atomic E-state index is 12.1. The zero-order chi connectivity index (χ0) is 21.5. The third-order valence-corrected chi connectivity index (χ3v) is 4.46. The number of nitriles is 1. The van der Waals surface area contributed by atoms with Crippen molar-refractivity contribution in [1.82, 2.24) is 15.8 Å². The molecule has 0 radical (unpaired) electrons. The van der Waals surface area contributed by atoms with E-state index in [1.54, 1.807) is 18.3 Å². The first-order valence-corrected chi connectivity index (χ1v) is 9.44. The van der Waals surface area contributed by atoms with Crippen LogP contribution in [0.3, 0.4) is 0 Å². The fraction of sp³-hybridized carbons (Fsp3) is 0. The maximum Gasteiger partial charge on any atom is 0.271 e. The van der Waals surface area contributed by atoms with Crippen molar-refractivity contribution in [2.45, 2.75) is 0 Å². The Morgan fingerprint density at radius 1 is 1.00 bits per heavy atom. The Morgan fingerprint density at radius 2 is 1.71 bits per heavy atom. The number of amides is 1. The predicted octanol–water partition coefficient (Wildman–Crippen LogP) is 4.47. The Morgan fingerprint density at radius 3 is 2.35 bits per heavy atom. The highest BCUT2D eigenvalue weighted by atomic mass is 16.4. The molecule has 4 aromatic rings. The van der Waals surface area contributed by atoms with Crippen LogP contribution in [0.2, 0.25) is 0 Å². The highest BCUT2D eigenvalue weighted by Gasteiger charge is 2.22. The quantitative estimate of drug-likeness (QED) is 0.279. The molecule has 2 heterocycles. The smallest absolute Gasteiger partial charge is 0.271 e. The summed E-state index contributed by atoms with van der Waals surface area (Å²) in [4.78, 5) is 20.2. The standard InChI is InChI=1S/C24H17N5O2/c25-14-20-21(17-8-3-1-4-9-17)22(18-10-5-2-6-11-18)31-24(20)27-16-28-29-23(30)19-12-7-13-26-15-19/h1-13,15-16H,(H,27,28)(H,29,30). The van der Waals surface area contributed by atoms with E-state index in [1.807, 2.05) is 60.7 Å². The summed E-state index contributed by atoms with van der Waals surface area (Å²) in [6.07, 6.45) is 4.30. The van der Waals surface area contributed by atoms with Gasteiger partial charge in [0.25, 0.3) is 5.91 Å². The van der Waals surface area contributed by atoms with Gasteiger partial charge in [-0.1, -0.05) is 60.7 Å². The molecule has 0 bridgehead atoms. The Kier molecular flexibility index (Phi) is 5.82. The van der Waals surface area contributed by atoms with Gasteiger partial charge in [0.1, 0.15) is 23.7 Å². The highest BCUT2D eigenvalue weighted by molar-refractivity contribution is 5.94. The number of hydrogen-bond acceptors (Lipinski definition) is 5. The predicted molar refractivity (Wildman–Crippen MR) is 117 cm³/mol. The largest absolute Gasteiger partial charge is 0.436 e. The zero-order valence-corrected chi connectivity index (χ0v) is 16.3. The van der Waals surface area contributed by atoms with Crippen LogP contribution >= 0.6 is 0 Å². The van der Waals surface area contributed by atoms with Gasteiger partial charge in [0.2, 0.25) is 5.88 Å². The molecule has 31 heavy (non-hydrogen) atoms. The Hall–Kier alpha value is -4.70. The number of benzene rings is 2. The molecular weight excluding hydrogens is 390 g/mol. The van der Waals surface area contributed by atoms with E-state index >= 15 is 0 Å². The van der Waals surface area contributed by atoms with Gasteiger partial charge >= 0.3 is 0 Å². The lowest BCUT2D eigenvalue weighted by Gasteiger charge is -2.03. The van der Waals surface area contributed by atoms with Gasteiger partial charge in [-0.25, -0.2) is 4.99 Å². The van der Waals surface area contributed by atoms with E-state index in [0.29, 0.717) is 22.5 Å². The number of aliphatic imine (C=N–C) groups is 1. The van der Waals surface area contributed by atoms with Crippen LogP contribution in [0.5, 0.6) is 0 Å². The monoisotopic (exact) mass is 407 g/mol.